The summed E-state index contributed by atoms with van der Waals surface area (Å²) in [6, 6.07) is 13.5. The van der Waals surface area contributed by atoms with E-state index < -0.39 is 0 Å². The zero-order valence-corrected chi connectivity index (χ0v) is 12.1. The van der Waals surface area contributed by atoms with Gasteiger partial charge in [0.15, 0.2) is 11.5 Å². The van der Waals surface area contributed by atoms with Crippen molar-refractivity contribution in [2.24, 2.45) is 0 Å². The Morgan fingerprint density at radius 1 is 1.15 bits per heavy atom. The van der Waals surface area contributed by atoms with Gasteiger partial charge in [-0.1, -0.05) is 18.2 Å². The molecular weight excluding hydrogens is 252 g/mol. The van der Waals surface area contributed by atoms with Crippen LogP contribution < -0.4 is 15.0 Å². The van der Waals surface area contributed by atoms with Gasteiger partial charge in [0.25, 0.3) is 0 Å². The molecule has 4 nitrogen and oxygen atoms in total. The van der Waals surface area contributed by atoms with Gasteiger partial charge in [-0.05, 0) is 29.8 Å². The maximum Gasteiger partial charge on any atom is 0.160 e. The van der Waals surface area contributed by atoms with Gasteiger partial charge in [-0.15, -0.1) is 0 Å². The van der Waals surface area contributed by atoms with E-state index in [4.69, 9.17) is 4.74 Å². The molecule has 0 aliphatic heterocycles. The highest BCUT2D eigenvalue weighted by Crippen LogP contribution is 2.28. The Morgan fingerprint density at radius 2 is 1.90 bits per heavy atom. The highest BCUT2D eigenvalue weighted by atomic mass is 16.5. The first kappa shape index (κ1) is 14.1. The summed E-state index contributed by atoms with van der Waals surface area (Å²) in [6.07, 6.45) is 0. The quantitative estimate of drug-likeness (QED) is 0.878. The number of anilines is 2. The van der Waals surface area contributed by atoms with Crippen molar-refractivity contribution >= 4 is 11.4 Å². The van der Waals surface area contributed by atoms with Gasteiger partial charge >= 0.3 is 0 Å². The minimum atomic E-state index is 0.160. The van der Waals surface area contributed by atoms with Crippen LogP contribution in [-0.4, -0.2) is 26.3 Å². The smallest absolute Gasteiger partial charge is 0.160 e. The van der Waals surface area contributed by atoms with Crippen LogP contribution in [0.4, 0.5) is 11.4 Å². The lowest BCUT2D eigenvalue weighted by molar-refractivity contribution is 0.373. The Balaban J connectivity index is 2.11. The van der Waals surface area contributed by atoms with Crippen LogP contribution in [0.2, 0.25) is 0 Å². The monoisotopic (exact) mass is 272 g/mol. The van der Waals surface area contributed by atoms with Gasteiger partial charge < -0.3 is 20.1 Å². The Morgan fingerprint density at radius 3 is 2.55 bits per heavy atom. The molecule has 0 bridgehead atoms. The molecule has 0 heterocycles. The second-order valence-electron chi connectivity index (χ2n) is 4.77. The molecule has 2 N–H and O–H groups in total. The van der Waals surface area contributed by atoms with Crippen molar-refractivity contribution in [2.75, 3.05) is 31.4 Å². The number of benzene rings is 2. The molecule has 106 valence electrons. The van der Waals surface area contributed by atoms with Crippen LogP contribution in [0.25, 0.3) is 0 Å². The number of aromatic hydroxyl groups is 1. The minimum absolute atomic E-state index is 0.160. The number of hydrogen-bond acceptors (Lipinski definition) is 4. The third-order valence-electron chi connectivity index (χ3n) is 3.11. The predicted molar refractivity (Wildman–Crippen MR) is 82.8 cm³/mol. The van der Waals surface area contributed by atoms with Gasteiger partial charge in [-0.25, -0.2) is 0 Å². The van der Waals surface area contributed by atoms with Gasteiger partial charge in [0, 0.05) is 20.6 Å². The molecule has 0 radical (unpaired) electrons. The molecule has 0 aliphatic carbocycles. The number of methoxy groups -OCH3 is 1. The second kappa shape index (κ2) is 6.19. The normalized spacial score (nSPS) is 10.2. The minimum Gasteiger partial charge on any atom is -0.504 e. The Bertz CT molecular complexity index is 582. The van der Waals surface area contributed by atoms with E-state index in [1.807, 2.05) is 38.4 Å². The number of phenols is 1. The standard InChI is InChI=1S/C16H20N2O2/c1-18(2)14-7-5-4-6-13(14)17-11-12-8-9-16(20-3)15(19)10-12/h4-10,17,19H,11H2,1-3H3. The van der Waals surface area contributed by atoms with Crippen LogP contribution in [0.15, 0.2) is 42.5 Å². The summed E-state index contributed by atoms with van der Waals surface area (Å²) in [5.74, 6) is 0.648. The number of para-hydroxylation sites is 2. The molecule has 2 aromatic rings. The highest BCUT2D eigenvalue weighted by Gasteiger charge is 2.05. The fourth-order valence-corrected chi connectivity index (χ4v) is 2.06. The van der Waals surface area contributed by atoms with Crippen LogP contribution in [0.3, 0.4) is 0 Å². The summed E-state index contributed by atoms with van der Waals surface area (Å²) >= 11 is 0. The predicted octanol–water partition coefficient (Wildman–Crippen LogP) is 3.08. The summed E-state index contributed by atoms with van der Waals surface area (Å²) in [4.78, 5) is 2.06. The van der Waals surface area contributed by atoms with Crippen molar-refractivity contribution in [1.29, 1.82) is 0 Å². The van der Waals surface area contributed by atoms with Crippen LogP contribution in [0, 0.1) is 0 Å². The van der Waals surface area contributed by atoms with Gasteiger partial charge in [0.1, 0.15) is 0 Å². The second-order valence-corrected chi connectivity index (χ2v) is 4.77. The zero-order valence-electron chi connectivity index (χ0n) is 12.1. The maximum atomic E-state index is 9.77. The SMILES string of the molecule is COc1ccc(CNc2ccccc2N(C)C)cc1O. The van der Waals surface area contributed by atoms with Crippen molar-refractivity contribution in [3.05, 3.63) is 48.0 Å². The fraction of sp³-hybridized carbons (Fsp3) is 0.250. The van der Waals surface area contributed by atoms with E-state index in [1.165, 1.54) is 0 Å². The average molecular weight is 272 g/mol. The molecular formula is C16H20N2O2. The molecule has 0 unspecified atom stereocenters. The molecule has 0 spiro atoms. The average Bonchev–Trinajstić information content (AvgIpc) is 2.45. The van der Waals surface area contributed by atoms with E-state index >= 15 is 0 Å². The van der Waals surface area contributed by atoms with Crippen LogP contribution in [0.5, 0.6) is 11.5 Å². The van der Waals surface area contributed by atoms with Crippen LogP contribution in [-0.2, 0) is 6.54 Å². The molecule has 0 aromatic heterocycles. The first-order valence-electron chi connectivity index (χ1n) is 6.48. The molecule has 20 heavy (non-hydrogen) atoms. The van der Waals surface area contributed by atoms with Gasteiger partial charge in [0.05, 0.1) is 18.5 Å². The lowest BCUT2D eigenvalue weighted by atomic mass is 10.2. The molecule has 0 fully saturated rings. The molecule has 0 aliphatic rings. The van der Waals surface area contributed by atoms with E-state index in [0.29, 0.717) is 12.3 Å². The zero-order chi connectivity index (χ0) is 14.5. The van der Waals surface area contributed by atoms with Crippen molar-refractivity contribution in [3.8, 4) is 11.5 Å². The first-order chi connectivity index (χ1) is 9.61. The number of phenolic OH excluding ortho intramolecular Hbond substituents is 1. The Kier molecular flexibility index (Phi) is 4.35. The third-order valence-corrected chi connectivity index (χ3v) is 3.11. The first-order valence-corrected chi connectivity index (χ1v) is 6.48. The summed E-state index contributed by atoms with van der Waals surface area (Å²) in [7, 11) is 5.57. The maximum absolute atomic E-state index is 9.77. The number of rotatable bonds is 5. The van der Waals surface area contributed by atoms with E-state index in [1.54, 1.807) is 19.2 Å². The van der Waals surface area contributed by atoms with Crippen molar-refractivity contribution in [3.63, 3.8) is 0 Å². The van der Waals surface area contributed by atoms with Gasteiger partial charge in [-0.2, -0.15) is 0 Å². The number of ether oxygens (including phenoxy) is 1. The molecule has 0 atom stereocenters. The highest BCUT2D eigenvalue weighted by molar-refractivity contribution is 5.69. The van der Waals surface area contributed by atoms with Crippen LogP contribution in [0.1, 0.15) is 5.56 Å². The lowest BCUT2D eigenvalue weighted by Gasteiger charge is -2.18. The van der Waals surface area contributed by atoms with Crippen molar-refractivity contribution < 1.29 is 9.84 Å². The van der Waals surface area contributed by atoms with E-state index in [9.17, 15) is 5.11 Å². The van der Waals surface area contributed by atoms with Gasteiger partial charge in [-0.3, -0.25) is 0 Å². The molecule has 2 aromatic carbocycles. The summed E-state index contributed by atoms with van der Waals surface area (Å²) in [5, 5.41) is 13.2. The lowest BCUT2D eigenvalue weighted by Crippen LogP contribution is -2.12. The third kappa shape index (κ3) is 3.15. The number of nitrogens with zero attached hydrogens (tertiary/aromatic N) is 1. The van der Waals surface area contributed by atoms with Gasteiger partial charge in [0.2, 0.25) is 0 Å². The van der Waals surface area contributed by atoms with Crippen molar-refractivity contribution in [2.45, 2.75) is 6.54 Å². The summed E-state index contributed by atoms with van der Waals surface area (Å²) < 4.78 is 5.04. The summed E-state index contributed by atoms with van der Waals surface area (Å²) in [5.41, 5.74) is 3.19. The Labute approximate surface area is 119 Å². The van der Waals surface area contributed by atoms with Crippen molar-refractivity contribution in [1.82, 2.24) is 0 Å². The molecule has 0 saturated carbocycles. The van der Waals surface area contributed by atoms with E-state index in [-0.39, 0.29) is 5.75 Å². The van der Waals surface area contributed by atoms with Crippen LogP contribution >= 0.6 is 0 Å². The summed E-state index contributed by atoms with van der Waals surface area (Å²) in [6.45, 7) is 0.641. The topological polar surface area (TPSA) is 44.7 Å². The number of nitrogens with one attached hydrogen (secondary N) is 1. The molecule has 4 heteroatoms. The van der Waals surface area contributed by atoms with E-state index in [0.717, 1.165) is 16.9 Å². The Hall–Kier alpha value is -2.36. The fourth-order valence-electron chi connectivity index (χ4n) is 2.06. The largest absolute Gasteiger partial charge is 0.504 e. The number of hydrogen-bond donors (Lipinski definition) is 2. The molecule has 0 amide bonds. The molecule has 0 saturated heterocycles. The molecule has 2 rings (SSSR count). The van der Waals surface area contributed by atoms with E-state index in [2.05, 4.69) is 16.3 Å².